The highest BCUT2D eigenvalue weighted by Gasteiger charge is 2.37. The number of rotatable bonds is 4. The molecule has 188 valence electrons. The first-order valence-electron chi connectivity index (χ1n) is 12.6. The molecular formula is C33H32O4. The molecule has 5 rings (SSSR count). The zero-order valence-corrected chi connectivity index (χ0v) is 21.7. The number of phenolic OH excluding ortho intramolecular Hbond substituents is 1. The largest absolute Gasteiger partial charge is 0.511 e. The molecule has 0 amide bonds. The van der Waals surface area contributed by atoms with Gasteiger partial charge in [0.25, 0.3) is 0 Å². The first-order valence-corrected chi connectivity index (χ1v) is 12.6. The van der Waals surface area contributed by atoms with Gasteiger partial charge in [-0.25, -0.2) is 4.79 Å². The summed E-state index contributed by atoms with van der Waals surface area (Å²) >= 11 is 0. The van der Waals surface area contributed by atoms with Crippen molar-refractivity contribution in [3.05, 3.63) is 96.1 Å². The van der Waals surface area contributed by atoms with Crippen LogP contribution < -0.4 is 4.74 Å². The van der Waals surface area contributed by atoms with Crippen LogP contribution in [-0.4, -0.2) is 16.4 Å². The molecule has 2 N–H and O–H groups in total. The number of hydrogen-bond acceptors (Lipinski definition) is 3. The highest BCUT2D eigenvalue weighted by Crippen LogP contribution is 2.47. The Morgan fingerprint density at radius 2 is 1.22 bits per heavy atom. The first-order chi connectivity index (χ1) is 17.5. The number of carboxylic acid groups (broad SMARTS) is 1. The molecule has 0 atom stereocenters. The van der Waals surface area contributed by atoms with Crippen LogP contribution in [0.4, 0.5) is 4.79 Å². The van der Waals surface area contributed by atoms with E-state index in [1.165, 1.54) is 17.5 Å². The van der Waals surface area contributed by atoms with Crippen molar-refractivity contribution in [2.45, 2.75) is 51.4 Å². The number of aromatic hydroxyl groups is 1. The van der Waals surface area contributed by atoms with Crippen molar-refractivity contribution in [2.24, 2.45) is 0 Å². The molecule has 0 saturated heterocycles. The average Bonchev–Trinajstić information content (AvgIpc) is 2.87. The minimum absolute atomic E-state index is 0.0944. The van der Waals surface area contributed by atoms with E-state index >= 15 is 0 Å². The molecule has 0 radical (unpaired) electrons. The predicted molar refractivity (Wildman–Crippen MR) is 148 cm³/mol. The minimum Gasteiger partial charge on any atom is -0.508 e. The van der Waals surface area contributed by atoms with Crippen LogP contribution in [0.25, 0.3) is 33.4 Å². The Bertz CT molecular complexity index is 1460. The lowest BCUT2D eigenvalue weighted by Crippen LogP contribution is -2.33. The lowest BCUT2D eigenvalue weighted by molar-refractivity contribution is 0.144. The third kappa shape index (κ3) is 4.84. The summed E-state index contributed by atoms with van der Waals surface area (Å²) in [5.41, 5.74) is 9.43. The third-order valence-corrected chi connectivity index (χ3v) is 7.75. The summed E-state index contributed by atoms with van der Waals surface area (Å²) in [6, 6.07) is 27.7. The summed E-state index contributed by atoms with van der Waals surface area (Å²) in [4.78, 5) is 10.9. The smallest absolute Gasteiger partial charge is 0.508 e. The highest BCUT2D eigenvalue weighted by molar-refractivity contribution is 5.87. The molecule has 37 heavy (non-hydrogen) atoms. The number of carbonyl (C=O) groups is 1. The van der Waals surface area contributed by atoms with Crippen LogP contribution in [0, 0.1) is 0 Å². The molecule has 0 aromatic heterocycles. The van der Waals surface area contributed by atoms with Crippen molar-refractivity contribution in [1.82, 2.24) is 0 Å². The Hall–Kier alpha value is -4.05. The standard InChI is InChI=1S/C33H32O4/c1-32(2)17-18-33(3,4)30-20-24(10-16-29(30)32)28-19-23(21-7-13-26(14-8-21)37-31(35)36)9-15-27(28)22-5-11-25(34)12-6-22/h5-16,19-20,34H,17-18H2,1-4H3,(H,35,36). The summed E-state index contributed by atoms with van der Waals surface area (Å²) < 4.78 is 4.77. The van der Waals surface area contributed by atoms with Gasteiger partial charge in [-0.05, 0) is 98.5 Å². The van der Waals surface area contributed by atoms with Crippen molar-refractivity contribution in [3.8, 4) is 44.9 Å². The molecule has 0 aliphatic heterocycles. The van der Waals surface area contributed by atoms with E-state index in [0.29, 0.717) is 0 Å². The van der Waals surface area contributed by atoms with Crippen LogP contribution in [0.2, 0.25) is 0 Å². The molecule has 4 heteroatoms. The van der Waals surface area contributed by atoms with E-state index < -0.39 is 6.16 Å². The molecule has 0 spiro atoms. The highest BCUT2D eigenvalue weighted by atomic mass is 16.7. The molecule has 0 bridgehead atoms. The number of benzene rings is 4. The summed E-state index contributed by atoms with van der Waals surface area (Å²) in [7, 11) is 0. The second-order valence-corrected chi connectivity index (χ2v) is 11.2. The second-order valence-electron chi connectivity index (χ2n) is 11.2. The van der Waals surface area contributed by atoms with Crippen LogP contribution in [0.3, 0.4) is 0 Å². The van der Waals surface area contributed by atoms with E-state index in [9.17, 15) is 9.90 Å². The monoisotopic (exact) mass is 492 g/mol. The molecule has 1 aliphatic rings. The van der Waals surface area contributed by atoms with Crippen LogP contribution in [0.1, 0.15) is 51.7 Å². The zero-order valence-electron chi connectivity index (χ0n) is 21.7. The molecule has 0 unspecified atom stereocenters. The van der Waals surface area contributed by atoms with Gasteiger partial charge in [0.05, 0.1) is 0 Å². The van der Waals surface area contributed by atoms with E-state index in [1.807, 2.05) is 24.3 Å². The number of fused-ring (bicyclic) bond motifs is 1. The Morgan fingerprint density at radius 1 is 0.649 bits per heavy atom. The fraction of sp³-hybridized carbons (Fsp3) is 0.242. The van der Waals surface area contributed by atoms with E-state index in [-0.39, 0.29) is 22.3 Å². The summed E-state index contributed by atoms with van der Waals surface area (Å²) in [6.45, 7) is 9.34. The van der Waals surface area contributed by atoms with Crippen molar-refractivity contribution < 1.29 is 19.7 Å². The van der Waals surface area contributed by atoms with Gasteiger partial charge in [-0.2, -0.15) is 0 Å². The maximum absolute atomic E-state index is 10.9. The van der Waals surface area contributed by atoms with Gasteiger partial charge < -0.3 is 14.9 Å². The Labute approximate surface area is 218 Å². The van der Waals surface area contributed by atoms with Crippen LogP contribution in [0.15, 0.2) is 84.9 Å². The summed E-state index contributed by atoms with van der Waals surface area (Å²) in [5.74, 6) is 0.528. The SMILES string of the molecule is CC1(C)CCC(C)(C)c2cc(-c3cc(-c4ccc(OC(=O)O)cc4)ccc3-c3ccc(O)cc3)ccc21. The van der Waals surface area contributed by atoms with Gasteiger partial charge in [-0.1, -0.05) is 82.3 Å². The van der Waals surface area contributed by atoms with Gasteiger partial charge >= 0.3 is 6.16 Å². The maximum Gasteiger partial charge on any atom is 0.511 e. The van der Waals surface area contributed by atoms with E-state index in [0.717, 1.165) is 39.8 Å². The van der Waals surface area contributed by atoms with Crippen molar-refractivity contribution in [2.75, 3.05) is 0 Å². The maximum atomic E-state index is 10.9. The predicted octanol–water partition coefficient (Wildman–Crippen LogP) is 8.80. The third-order valence-electron chi connectivity index (χ3n) is 7.75. The number of hydrogen-bond donors (Lipinski definition) is 2. The van der Waals surface area contributed by atoms with Crippen LogP contribution in [-0.2, 0) is 10.8 Å². The molecule has 4 nitrogen and oxygen atoms in total. The minimum atomic E-state index is -1.33. The van der Waals surface area contributed by atoms with Crippen molar-refractivity contribution in [3.63, 3.8) is 0 Å². The van der Waals surface area contributed by atoms with Gasteiger partial charge in [-0.15, -0.1) is 0 Å². The van der Waals surface area contributed by atoms with Gasteiger partial charge in [0, 0.05) is 0 Å². The molecule has 0 fully saturated rings. The van der Waals surface area contributed by atoms with E-state index in [4.69, 9.17) is 9.84 Å². The fourth-order valence-corrected chi connectivity index (χ4v) is 5.43. The Kier molecular flexibility index (Phi) is 6.07. The second kappa shape index (κ2) is 9.11. The van der Waals surface area contributed by atoms with E-state index in [1.54, 1.807) is 24.3 Å². The molecule has 4 aromatic rings. The Balaban J connectivity index is 1.66. The number of phenols is 1. The molecule has 1 aliphatic carbocycles. The number of ether oxygens (including phenoxy) is 1. The molecule has 4 aromatic carbocycles. The van der Waals surface area contributed by atoms with Crippen molar-refractivity contribution in [1.29, 1.82) is 0 Å². The topological polar surface area (TPSA) is 66.8 Å². The molecule has 0 heterocycles. The fourth-order valence-electron chi connectivity index (χ4n) is 5.43. The lowest BCUT2D eigenvalue weighted by Gasteiger charge is -2.42. The van der Waals surface area contributed by atoms with Crippen molar-refractivity contribution >= 4 is 6.16 Å². The van der Waals surface area contributed by atoms with Gasteiger partial charge in [0.1, 0.15) is 11.5 Å². The molecular weight excluding hydrogens is 460 g/mol. The van der Waals surface area contributed by atoms with Crippen LogP contribution in [0.5, 0.6) is 11.5 Å². The normalized spacial score (nSPS) is 15.6. The van der Waals surface area contributed by atoms with Crippen LogP contribution >= 0.6 is 0 Å². The summed E-state index contributed by atoms with van der Waals surface area (Å²) in [6.07, 6.45) is 0.987. The van der Waals surface area contributed by atoms with Gasteiger partial charge in [0.2, 0.25) is 0 Å². The van der Waals surface area contributed by atoms with Gasteiger partial charge in [-0.3, -0.25) is 0 Å². The van der Waals surface area contributed by atoms with Gasteiger partial charge in [0.15, 0.2) is 0 Å². The molecule has 0 saturated carbocycles. The quantitative estimate of drug-likeness (QED) is 0.221. The summed E-state index contributed by atoms with van der Waals surface area (Å²) in [5, 5.41) is 18.7. The Morgan fingerprint density at radius 3 is 1.86 bits per heavy atom. The first kappa shape index (κ1) is 24.6. The lowest BCUT2D eigenvalue weighted by atomic mass is 9.63. The average molecular weight is 493 g/mol. The zero-order chi connectivity index (χ0) is 26.4. The van der Waals surface area contributed by atoms with E-state index in [2.05, 4.69) is 64.1 Å².